The molecule has 0 amide bonds. The summed E-state index contributed by atoms with van der Waals surface area (Å²) in [6.07, 6.45) is 7.46. The Kier molecular flexibility index (Phi) is 4.98. The van der Waals surface area contributed by atoms with E-state index < -0.39 is 0 Å². The molecule has 1 aliphatic rings. The molecule has 152 valence electrons. The van der Waals surface area contributed by atoms with Crippen molar-refractivity contribution in [1.82, 2.24) is 29.4 Å². The van der Waals surface area contributed by atoms with Crippen molar-refractivity contribution >= 4 is 22.7 Å². The fourth-order valence-corrected chi connectivity index (χ4v) is 3.74. The first-order valence-corrected chi connectivity index (χ1v) is 10.1. The van der Waals surface area contributed by atoms with Crippen LogP contribution < -0.4 is 10.1 Å². The Bertz CT molecular complexity index is 1140. The summed E-state index contributed by atoms with van der Waals surface area (Å²) in [5.41, 5.74) is 1.92. The van der Waals surface area contributed by atoms with Gasteiger partial charge in [-0.1, -0.05) is 12.1 Å². The minimum absolute atomic E-state index is 0.487. The van der Waals surface area contributed by atoms with Crippen molar-refractivity contribution in [3.8, 4) is 11.6 Å². The maximum atomic E-state index is 5.91. The summed E-state index contributed by atoms with van der Waals surface area (Å²) in [6, 6.07) is 14.1. The molecular formula is C22H23N7O. The van der Waals surface area contributed by atoms with E-state index in [0.29, 0.717) is 24.3 Å². The number of hydrogen-bond donors (Lipinski definition) is 1. The number of anilines is 2. The minimum Gasteiger partial charge on any atom is -0.490 e. The Morgan fingerprint density at radius 2 is 2.00 bits per heavy atom. The molecule has 0 bridgehead atoms. The molecular weight excluding hydrogens is 378 g/mol. The summed E-state index contributed by atoms with van der Waals surface area (Å²) in [6.45, 7) is 1.84. The summed E-state index contributed by atoms with van der Waals surface area (Å²) in [5, 5.41) is 3.23. The van der Waals surface area contributed by atoms with E-state index in [1.54, 1.807) is 12.5 Å². The van der Waals surface area contributed by atoms with E-state index in [2.05, 4.69) is 37.2 Å². The summed E-state index contributed by atoms with van der Waals surface area (Å²) in [4.78, 5) is 19.9. The van der Waals surface area contributed by atoms with Crippen molar-refractivity contribution in [2.24, 2.45) is 0 Å². The molecule has 0 unspecified atom stereocenters. The number of likely N-dealkylation sites (N-methyl/N-ethyl adjacent to an activating group) is 1. The van der Waals surface area contributed by atoms with Crippen molar-refractivity contribution in [1.29, 1.82) is 0 Å². The molecule has 0 saturated carbocycles. The summed E-state index contributed by atoms with van der Waals surface area (Å²) in [7, 11) is 2.15. The van der Waals surface area contributed by atoms with E-state index in [9.17, 15) is 0 Å². The first-order chi connectivity index (χ1) is 14.8. The first-order valence-electron chi connectivity index (χ1n) is 10.1. The molecule has 30 heavy (non-hydrogen) atoms. The number of pyridine rings is 1. The van der Waals surface area contributed by atoms with Gasteiger partial charge in [0, 0.05) is 12.1 Å². The molecule has 1 atom stereocenters. The number of rotatable bonds is 6. The summed E-state index contributed by atoms with van der Waals surface area (Å²) < 4.78 is 7.84. The van der Waals surface area contributed by atoms with Crippen molar-refractivity contribution in [2.45, 2.75) is 18.9 Å². The second-order valence-electron chi connectivity index (χ2n) is 7.46. The van der Waals surface area contributed by atoms with Crippen LogP contribution in [-0.4, -0.2) is 55.6 Å². The van der Waals surface area contributed by atoms with Crippen LogP contribution in [0.2, 0.25) is 0 Å². The van der Waals surface area contributed by atoms with Crippen molar-refractivity contribution in [3.05, 3.63) is 61.3 Å². The number of ether oxygens (including phenoxy) is 1. The van der Waals surface area contributed by atoms with Crippen LogP contribution in [0, 0.1) is 0 Å². The van der Waals surface area contributed by atoms with Gasteiger partial charge in [0.05, 0.1) is 17.2 Å². The SMILES string of the molecule is CN1CCC[C@H]1COc1ccc(Nc2cc(-n3cnc4ccccc43)ncn2)nc1. The molecule has 8 nitrogen and oxygen atoms in total. The van der Waals surface area contributed by atoms with Crippen LogP contribution in [0.1, 0.15) is 12.8 Å². The summed E-state index contributed by atoms with van der Waals surface area (Å²) >= 11 is 0. The van der Waals surface area contributed by atoms with Crippen LogP contribution in [-0.2, 0) is 0 Å². The average Bonchev–Trinajstić information content (AvgIpc) is 3.39. The van der Waals surface area contributed by atoms with Gasteiger partial charge < -0.3 is 15.0 Å². The Balaban J connectivity index is 1.27. The van der Waals surface area contributed by atoms with E-state index in [1.807, 2.05) is 47.0 Å². The van der Waals surface area contributed by atoms with Gasteiger partial charge in [0.25, 0.3) is 0 Å². The number of hydrogen-bond acceptors (Lipinski definition) is 7. The monoisotopic (exact) mass is 401 g/mol. The standard InChI is InChI=1S/C22H23N7O/c1-28-10-4-5-16(28)13-30-17-8-9-20(23-12-17)27-21-11-22(25-14-24-21)29-15-26-18-6-2-3-7-19(18)29/h2-3,6-9,11-12,14-16H,4-5,10,13H2,1H3,(H,23,24,25,27)/t16-/m0/s1. The molecule has 0 radical (unpaired) electrons. The Labute approximate surface area is 174 Å². The van der Waals surface area contributed by atoms with Crippen LogP contribution in [0.5, 0.6) is 5.75 Å². The average molecular weight is 401 g/mol. The molecule has 0 spiro atoms. The lowest BCUT2D eigenvalue weighted by Gasteiger charge is -2.19. The van der Waals surface area contributed by atoms with Gasteiger partial charge in [0.1, 0.15) is 42.5 Å². The van der Waals surface area contributed by atoms with Crippen LogP contribution >= 0.6 is 0 Å². The Hall–Kier alpha value is -3.52. The molecule has 0 aliphatic carbocycles. The third-order valence-corrected chi connectivity index (χ3v) is 5.46. The smallest absolute Gasteiger partial charge is 0.143 e. The largest absolute Gasteiger partial charge is 0.490 e. The lowest BCUT2D eigenvalue weighted by Crippen LogP contribution is -2.30. The number of benzene rings is 1. The van der Waals surface area contributed by atoms with Gasteiger partial charge in [0.15, 0.2) is 0 Å². The maximum Gasteiger partial charge on any atom is 0.143 e. The van der Waals surface area contributed by atoms with Crippen molar-refractivity contribution in [3.63, 3.8) is 0 Å². The fraction of sp³-hybridized carbons (Fsp3) is 0.273. The highest BCUT2D eigenvalue weighted by atomic mass is 16.5. The van der Waals surface area contributed by atoms with E-state index in [-0.39, 0.29) is 0 Å². The molecule has 1 aliphatic heterocycles. The van der Waals surface area contributed by atoms with Crippen LogP contribution in [0.3, 0.4) is 0 Å². The zero-order valence-corrected chi connectivity index (χ0v) is 16.8. The van der Waals surface area contributed by atoms with Gasteiger partial charge >= 0.3 is 0 Å². The number of fused-ring (bicyclic) bond motifs is 1. The van der Waals surface area contributed by atoms with Gasteiger partial charge in [-0.15, -0.1) is 0 Å². The number of para-hydroxylation sites is 2. The van der Waals surface area contributed by atoms with Crippen molar-refractivity contribution < 1.29 is 4.74 Å². The van der Waals surface area contributed by atoms with Crippen LogP contribution in [0.4, 0.5) is 11.6 Å². The molecule has 1 aromatic carbocycles. The maximum absolute atomic E-state index is 5.91. The second kappa shape index (κ2) is 8.08. The highest BCUT2D eigenvalue weighted by Gasteiger charge is 2.21. The number of nitrogens with one attached hydrogen (secondary N) is 1. The molecule has 1 saturated heterocycles. The molecule has 4 aromatic rings. The zero-order valence-electron chi connectivity index (χ0n) is 16.8. The van der Waals surface area contributed by atoms with Crippen molar-refractivity contribution in [2.75, 3.05) is 25.5 Å². The highest BCUT2D eigenvalue weighted by Crippen LogP contribution is 2.21. The quantitative estimate of drug-likeness (QED) is 0.530. The molecule has 3 aromatic heterocycles. The molecule has 1 fully saturated rings. The van der Waals surface area contributed by atoms with Gasteiger partial charge in [-0.25, -0.2) is 19.9 Å². The normalized spacial score (nSPS) is 16.8. The topological polar surface area (TPSA) is 81.0 Å². The number of nitrogens with zero attached hydrogens (tertiary/aromatic N) is 6. The minimum atomic E-state index is 0.487. The van der Waals surface area contributed by atoms with Crippen LogP contribution in [0.15, 0.2) is 61.3 Å². The van der Waals surface area contributed by atoms with Gasteiger partial charge in [0.2, 0.25) is 0 Å². The number of likely N-dealkylation sites (tertiary alicyclic amines) is 1. The van der Waals surface area contributed by atoms with E-state index >= 15 is 0 Å². The third kappa shape index (κ3) is 3.81. The number of aromatic nitrogens is 5. The lowest BCUT2D eigenvalue weighted by atomic mass is 10.2. The van der Waals surface area contributed by atoms with E-state index in [1.165, 1.54) is 19.2 Å². The van der Waals surface area contributed by atoms with Gasteiger partial charge in [-0.2, -0.15) is 0 Å². The predicted molar refractivity (Wildman–Crippen MR) is 115 cm³/mol. The van der Waals surface area contributed by atoms with Gasteiger partial charge in [-0.3, -0.25) is 4.57 Å². The molecule has 4 heterocycles. The predicted octanol–water partition coefficient (Wildman–Crippen LogP) is 3.43. The molecule has 5 rings (SSSR count). The van der Waals surface area contributed by atoms with E-state index in [4.69, 9.17) is 4.74 Å². The lowest BCUT2D eigenvalue weighted by molar-refractivity contribution is 0.198. The highest BCUT2D eigenvalue weighted by molar-refractivity contribution is 5.77. The third-order valence-electron chi connectivity index (χ3n) is 5.46. The first kappa shape index (κ1) is 18.5. The summed E-state index contributed by atoms with van der Waals surface area (Å²) in [5.74, 6) is 2.86. The fourth-order valence-electron chi connectivity index (χ4n) is 3.74. The molecule has 1 N–H and O–H groups in total. The van der Waals surface area contributed by atoms with Crippen LogP contribution in [0.25, 0.3) is 16.9 Å². The van der Waals surface area contributed by atoms with E-state index in [0.717, 1.165) is 29.1 Å². The van der Waals surface area contributed by atoms with Gasteiger partial charge in [-0.05, 0) is 50.7 Å². The zero-order chi connectivity index (χ0) is 20.3. The second-order valence-corrected chi connectivity index (χ2v) is 7.46. The number of imidazole rings is 1. The Morgan fingerprint density at radius 3 is 2.83 bits per heavy atom. The Morgan fingerprint density at radius 1 is 1.07 bits per heavy atom. The molecule has 8 heteroatoms.